The first kappa shape index (κ1) is 29.6. The molecule has 0 saturated heterocycles. The summed E-state index contributed by atoms with van der Waals surface area (Å²) in [6.45, 7) is 1.12. The lowest BCUT2D eigenvalue weighted by Gasteiger charge is -2.18. The molecule has 210 valence electrons. The van der Waals surface area contributed by atoms with Crippen molar-refractivity contribution in [3.8, 4) is 6.19 Å². The van der Waals surface area contributed by atoms with Gasteiger partial charge in [-0.05, 0) is 43.3 Å². The van der Waals surface area contributed by atoms with Gasteiger partial charge in [-0.15, -0.1) is 0 Å². The summed E-state index contributed by atoms with van der Waals surface area (Å²) in [6, 6.07) is 8.39. The number of hydrogen-bond acceptors (Lipinski definition) is 9. The molecule has 6 N–H and O–H groups in total. The minimum absolute atomic E-state index is 0.0237. The van der Waals surface area contributed by atoms with Crippen LogP contribution in [0.3, 0.4) is 0 Å². The molecule has 4 amide bonds. The first-order valence-electron chi connectivity index (χ1n) is 11.4. The summed E-state index contributed by atoms with van der Waals surface area (Å²) in [7, 11) is -8.21. The zero-order chi connectivity index (χ0) is 29.3. The van der Waals surface area contributed by atoms with E-state index < -0.39 is 50.5 Å². The molecule has 0 fully saturated rings. The second-order valence-electron chi connectivity index (χ2n) is 8.23. The van der Waals surface area contributed by atoms with E-state index in [1.165, 1.54) is 55.1 Å². The number of amides is 4. The van der Waals surface area contributed by atoms with E-state index in [0.717, 1.165) is 5.56 Å². The molecule has 1 atom stereocenters. The van der Waals surface area contributed by atoms with Crippen molar-refractivity contribution in [2.45, 2.75) is 29.2 Å². The Morgan fingerprint density at radius 3 is 2.20 bits per heavy atom. The number of aromatic amines is 1. The summed E-state index contributed by atoms with van der Waals surface area (Å²) < 4.78 is 51.9. The van der Waals surface area contributed by atoms with Gasteiger partial charge in [0.25, 0.3) is 20.0 Å². The maximum atomic E-state index is 13.0. The molecule has 0 aliphatic carbocycles. The van der Waals surface area contributed by atoms with Gasteiger partial charge < -0.3 is 20.9 Å². The number of anilines is 1. The van der Waals surface area contributed by atoms with Crippen LogP contribution in [-0.4, -0.2) is 57.2 Å². The third-order valence-electron chi connectivity index (χ3n) is 5.21. The van der Waals surface area contributed by atoms with Gasteiger partial charge >= 0.3 is 6.03 Å². The summed E-state index contributed by atoms with van der Waals surface area (Å²) in [5.74, 6) is -1.48. The van der Waals surface area contributed by atoms with Gasteiger partial charge in [-0.2, -0.15) is 5.26 Å². The molecule has 3 rings (SSSR count). The highest BCUT2D eigenvalue weighted by atomic mass is 32.2. The minimum atomic E-state index is -4.17. The Morgan fingerprint density at radius 2 is 1.60 bits per heavy atom. The highest BCUT2D eigenvalue weighted by Crippen LogP contribution is 2.15. The molecule has 17 heteroatoms. The number of hydrogen-bond donors (Lipinski definition) is 6. The molecule has 0 unspecified atom stereocenters. The van der Waals surface area contributed by atoms with E-state index in [1.54, 1.807) is 28.5 Å². The molecule has 0 spiro atoms. The summed E-state index contributed by atoms with van der Waals surface area (Å²) in [6.07, 6.45) is 4.12. The summed E-state index contributed by atoms with van der Waals surface area (Å²) in [4.78, 5) is 43.9. The molecule has 2 aromatic carbocycles. The fourth-order valence-corrected chi connectivity index (χ4v) is 4.89. The van der Waals surface area contributed by atoms with Gasteiger partial charge in [0, 0.05) is 24.0 Å². The lowest BCUT2D eigenvalue weighted by molar-refractivity contribution is -0.125. The van der Waals surface area contributed by atoms with E-state index >= 15 is 0 Å². The van der Waals surface area contributed by atoms with Gasteiger partial charge in [-0.3, -0.25) is 9.59 Å². The van der Waals surface area contributed by atoms with Gasteiger partial charge in [0.05, 0.1) is 22.7 Å². The first-order chi connectivity index (χ1) is 18.9. The Labute approximate surface area is 229 Å². The Balaban J connectivity index is 1.62. The van der Waals surface area contributed by atoms with Gasteiger partial charge in [0.1, 0.15) is 6.04 Å². The van der Waals surface area contributed by atoms with Crippen LogP contribution in [0.2, 0.25) is 0 Å². The van der Waals surface area contributed by atoms with Crippen molar-refractivity contribution in [3.05, 3.63) is 72.3 Å². The topological polar surface area (TPSA) is 232 Å². The zero-order valence-corrected chi connectivity index (χ0v) is 22.5. The van der Waals surface area contributed by atoms with Crippen molar-refractivity contribution < 1.29 is 31.2 Å². The quantitative estimate of drug-likeness (QED) is 0.129. The molecule has 0 saturated carbocycles. The largest absolute Gasteiger partial charge is 0.348 e. The molecule has 0 bridgehead atoms. The van der Waals surface area contributed by atoms with E-state index in [2.05, 4.69) is 25.9 Å². The van der Waals surface area contributed by atoms with Gasteiger partial charge in [-0.25, -0.2) is 36.1 Å². The van der Waals surface area contributed by atoms with E-state index in [9.17, 15) is 31.2 Å². The Bertz CT molecular complexity index is 1620. The number of sulfonamides is 2. The maximum Gasteiger partial charge on any atom is 0.329 e. The number of H-pyrrole nitrogens is 1. The number of aryl methyl sites for hydroxylation is 1. The Kier molecular flexibility index (Phi) is 9.42. The van der Waals surface area contributed by atoms with Crippen LogP contribution in [-0.2, 0) is 36.1 Å². The van der Waals surface area contributed by atoms with Crippen molar-refractivity contribution in [2.24, 2.45) is 0 Å². The average molecular weight is 589 g/mol. The highest BCUT2D eigenvalue weighted by molar-refractivity contribution is 7.90. The molecule has 15 nitrogen and oxygen atoms in total. The predicted octanol–water partition coefficient (Wildman–Crippen LogP) is -0.168. The summed E-state index contributed by atoms with van der Waals surface area (Å²) in [5, 5.41) is 15.7. The maximum absolute atomic E-state index is 13.0. The number of nitrogens with zero attached hydrogens (tertiary/aromatic N) is 2. The average Bonchev–Trinajstić information content (AvgIpc) is 3.40. The van der Waals surface area contributed by atoms with Crippen LogP contribution in [0.25, 0.3) is 0 Å². The van der Waals surface area contributed by atoms with Crippen LogP contribution in [0.5, 0.6) is 0 Å². The van der Waals surface area contributed by atoms with Gasteiger partial charge in [-0.1, -0.05) is 17.7 Å². The SMILES string of the molecule is Cc1ccc(S(=O)(=O)NC(=O)NCC(=O)N[C@@H](Cc2cnc[nH]2)C(=O)Nc2ccc(S(=O)(=O)NC#N)cc2)cc1. The second-order valence-corrected chi connectivity index (χ2v) is 11.6. The Morgan fingerprint density at radius 1 is 0.975 bits per heavy atom. The van der Waals surface area contributed by atoms with Crippen molar-refractivity contribution in [2.75, 3.05) is 11.9 Å². The molecule has 1 aromatic heterocycles. The minimum Gasteiger partial charge on any atom is -0.348 e. The third kappa shape index (κ3) is 8.28. The van der Waals surface area contributed by atoms with Crippen LogP contribution < -0.4 is 25.4 Å². The molecule has 0 aliphatic rings. The zero-order valence-electron chi connectivity index (χ0n) is 20.8. The van der Waals surface area contributed by atoms with E-state index in [-0.39, 0.29) is 21.9 Å². The smallest absolute Gasteiger partial charge is 0.329 e. The van der Waals surface area contributed by atoms with Crippen LogP contribution in [0.15, 0.2) is 70.8 Å². The highest BCUT2D eigenvalue weighted by Gasteiger charge is 2.24. The fourth-order valence-electron chi connectivity index (χ4n) is 3.23. The summed E-state index contributed by atoms with van der Waals surface area (Å²) in [5.41, 5.74) is 1.52. The number of carbonyl (C=O) groups is 3. The second kappa shape index (κ2) is 12.7. The van der Waals surface area contributed by atoms with Crippen LogP contribution >= 0.6 is 0 Å². The lowest BCUT2D eigenvalue weighted by atomic mass is 10.1. The van der Waals surface area contributed by atoms with Crippen molar-refractivity contribution in [3.63, 3.8) is 0 Å². The molecular weight excluding hydrogens is 564 g/mol. The lowest BCUT2D eigenvalue weighted by Crippen LogP contribution is -2.50. The number of nitrogens with one attached hydrogen (secondary N) is 6. The normalized spacial score (nSPS) is 11.9. The van der Waals surface area contributed by atoms with Gasteiger partial charge in [0.15, 0.2) is 6.19 Å². The standard InChI is InChI=1S/C23H24N8O7S2/c1-15-2-6-19(7-3-15)40(37,38)31-23(34)26-12-21(32)30-20(10-17-11-25-14-27-17)22(33)29-16-4-8-18(9-5-16)39(35,36)28-13-24/h2-9,11,14,20,28H,10,12H2,1H3,(H,25,27)(H,29,33)(H,30,32)(H2,26,31,34)/t20-/m0/s1. The van der Waals surface area contributed by atoms with E-state index in [0.29, 0.717) is 5.69 Å². The number of carbonyl (C=O) groups excluding carboxylic acids is 3. The molecule has 3 aromatic rings. The molecular formula is C23H24N8O7S2. The van der Waals surface area contributed by atoms with Crippen LogP contribution in [0.1, 0.15) is 11.3 Å². The fraction of sp³-hybridized carbons (Fsp3) is 0.174. The number of aromatic nitrogens is 2. The molecule has 40 heavy (non-hydrogen) atoms. The van der Waals surface area contributed by atoms with Crippen LogP contribution in [0, 0.1) is 18.4 Å². The number of imidazole rings is 1. The summed E-state index contributed by atoms with van der Waals surface area (Å²) >= 11 is 0. The molecule has 1 heterocycles. The first-order valence-corrected chi connectivity index (χ1v) is 14.3. The van der Waals surface area contributed by atoms with Crippen molar-refractivity contribution in [1.82, 2.24) is 30.0 Å². The van der Waals surface area contributed by atoms with Gasteiger partial charge in [0.2, 0.25) is 11.8 Å². The monoisotopic (exact) mass is 588 g/mol. The predicted molar refractivity (Wildman–Crippen MR) is 140 cm³/mol. The molecule has 0 radical (unpaired) electrons. The number of benzene rings is 2. The number of nitriles is 1. The number of urea groups is 1. The van der Waals surface area contributed by atoms with Crippen molar-refractivity contribution >= 4 is 43.6 Å². The van der Waals surface area contributed by atoms with E-state index in [4.69, 9.17) is 5.26 Å². The molecule has 0 aliphatic heterocycles. The van der Waals surface area contributed by atoms with E-state index in [1.807, 2.05) is 0 Å². The third-order valence-corrected chi connectivity index (χ3v) is 7.81. The van der Waals surface area contributed by atoms with Crippen molar-refractivity contribution in [1.29, 1.82) is 5.26 Å². The Hall–Kier alpha value is -4.95. The van der Waals surface area contributed by atoms with Crippen LogP contribution in [0.4, 0.5) is 10.5 Å². The number of rotatable bonds is 11.